The molecule has 6 nitrogen and oxygen atoms in total. The maximum absolute atomic E-state index is 11.6. The van der Waals surface area contributed by atoms with Crippen LogP contribution < -0.4 is 9.88 Å². The van der Waals surface area contributed by atoms with Gasteiger partial charge in [0.25, 0.3) is 0 Å². The highest BCUT2D eigenvalue weighted by atomic mass is 32.2. The molecule has 114 valence electrons. The molecule has 0 bridgehead atoms. The molecule has 1 rings (SSSR count). The highest BCUT2D eigenvalue weighted by molar-refractivity contribution is 7.92. The van der Waals surface area contributed by atoms with Gasteiger partial charge in [0, 0.05) is 0 Å². The van der Waals surface area contributed by atoms with Gasteiger partial charge in [-0.05, 0) is 44.5 Å². The molecule has 0 aromatic heterocycles. The molecule has 0 amide bonds. The van der Waals surface area contributed by atoms with Crippen LogP contribution in [0.5, 0.6) is 5.75 Å². The van der Waals surface area contributed by atoms with Gasteiger partial charge in [0.2, 0.25) is 10.0 Å². The van der Waals surface area contributed by atoms with E-state index in [0.29, 0.717) is 11.3 Å². The number of rotatable bonds is 6. The van der Waals surface area contributed by atoms with Crippen molar-refractivity contribution in [3.63, 3.8) is 0 Å². The molecule has 1 aromatic carbocycles. The number of sulfone groups is 1. The summed E-state index contributed by atoms with van der Waals surface area (Å²) in [6.07, 6.45) is 0. The molecule has 0 fully saturated rings. The molecule has 0 radical (unpaired) electrons. The molecule has 0 heterocycles. The first-order valence-corrected chi connectivity index (χ1v) is 9.28. The Labute approximate surface area is 119 Å². The predicted octanol–water partition coefficient (Wildman–Crippen LogP) is 0.844. The highest BCUT2D eigenvalue weighted by Gasteiger charge is 2.16. The lowest BCUT2D eigenvalue weighted by Gasteiger charge is -2.11. The van der Waals surface area contributed by atoms with Crippen molar-refractivity contribution in [2.45, 2.75) is 30.9 Å². The van der Waals surface area contributed by atoms with Crippen molar-refractivity contribution >= 4 is 19.9 Å². The molecule has 0 unspecified atom stereocenters. The van der Waals surface area contributed by atoms with Gasteiger partial charge in [-0.3, -0.25) is 0 Å². The summed E-state index contributed by atoms with van der Waals surface area (Å²) < 4.78 is 51.0. The smallest absolute Gasteiger partial charge is 0.238 e. The van der Waals surface area contributed by atoms with E-state index in [-0.39, 0.29) is 17.3 Å². The van der Waals surface area contributed by atoms with E-state index in [4.69, 9.17) is 9.88 Å². The Bertz CT molecular complexity index is 678. The topological polar surface area (TPSA) is 104 Å². The Morgan fingerprint density at radius 3 is 2.25 bits per heavy atom. The lowest BCUT2D eigenvalue weighted by atomic mass is 10.2. The number of hydrogen-bond acceptors (Lipinski definition) is 5. The minimum absolute atomic E-state index is 0.0225. The average Bonchev–Trinajstić information content (AvgIpc) is 2.26. The molecule has 1 aromatic rings. The van der Waals surface area contributed by atoms with E-state index in [9.17, 15) is 16.8 Å². The van der Waals surface area contributed by atoms with Gasteiger partial charge in [-0.15, -0.1) is 0 Å². The van der Waals surface area contributed by atoms with Crippen molar-refractivity contribution < 1.29 is 21.6 Å². The van der Waals surface area contributed by atoms with E-state index < -0.39 is 25.1 Å². The van der Waals surface area contributed by atoms with Gasteiger partial charge in [-0.1, -0.05) is 0 Å². The molecule has 0 atom stereocenters. The van der Waals surface area contributed by atoms with Gasteiger partial charge in [0.05, 0.1) is 15.9 Å². The lowest BCUT2D eigenvalue weighted by Crippen LogP contribution is -2.22. The fraction of sp³-hybridized carbons (Fsp3) is 0.500. The molecule has 2 N–H and O–H groups in total. The SMILES string of the molecule is Cc1cc(OCCS(=O)(=O)C(C)C)ccc1S(N)(=O)=O. The van der Waals surface area contributed by atoms with E-state index in [0.717, 1.165) is 0 Å². The number of aryl methyl sites for hydroxylation is 1. The third-order valence-corrected chi connectivity index (χ3v) is 6.05. The van der Waals surface area contributed by atoms with Gasteiger partial charge in [-0.25, -0.2) is 22.0 Å². The van der Waals surface area contributed by atoms with Gasteiger partial charge < -0.3 is 4.74 Å². The van der Waals surface area contributed by atoms with E-state index in [1.165, 1.54) is 18.2 Å². The van der Waals surface area contributed by atoms with Crippen molar-refractivity contribution in [3.05, 3.63) is 23.8 Å². The second-order valence-electron chi connectivity index (χ2n) is 4.74. The predicted molar refractivity (Wildman–Crippen MR) is 77.0 cm³/mol. The third-order valence-electron chi connectivity index (χ3n) is 2.81. The Morgan fingerprint density at radius 2 is 1.80 bits per heavy atom. The Morgan fingerprint density at radius 1 is 1.20 bits per heavy atom. The Balaban J connectivity index is 2.75. The molecule has 0 spiro atoms. The van der Waals surface area contributed by atoms with E-state index >= 15 is 0 Å². The van der Waals surface area contributed by atoms with Crippen LogP contribution in [-0.4, -0.2) is 34.4 Å². The van der Waals surface area contributed by atoms with Gasteiger partial charge >= 0.3 is 0 Å². The number of nitrogens with two attached hydrogens (primary N) is 1. The monoisotopic (exact) mass is 321 g/mol. The summed E-state index contributed by atoms with van der Waals surface area (Å²) in [6.45, 7) is 4.84. The van der Waals surface area contributed by atoms with Gasteiger partial charge in [-0.2, -0.15) is 0 Å². The normalized spacial score (nSPS) is 12.7. The first-order chi connectivity index (χ1) is 9.04. The number of primary sulfonamides is 1. The zero-order valence-electron chi connectivity index (χ0n) is 11.7. The Kier molecular flexibility index (Phi) is 5.17. The number of sulfonamides is 1. The van der Waals surface area contributed by atoms with Crippen LogP contribution in [0, 0.1) is 6.92 Å². The quantitative estimate of drug-likeness (QED) is 0.836. The first-order valence-electron chi connectivity index (χ1n) is 6.02. The van der Waals surface area contributed by atoms with Crippen LogP contribution in [0.15, 0.2) is 23.1 Å². The first kappa shape index (κ1) is 16.9. The van der Waals surface area contributed by atoms with E-state index in [2.05, 4.69) is 0 Å². The fourth-order valence-electron chi connectivity index (χ4n) is 1.54. The molecular formula is C12H19NO5S2. The zero-order valence-corrected chi connectivity index (χ0v) is 13.3. The number of hydrogen-bond donors (Lipinski definition) is 1. The van der Waals surface area contributed by atoms with Crippen LogP contribution in [0.25, 0.3) is 0 Å². The number of ether oxygens (including phenoxy) is 1. The molecule has 20 heavy (non-hydrogen) atoms. The Hall–Kier alpha value is -1.12. The van der Waals surface area contributed by atoms with Crippen molar-refractivity contribution in [3.8, 4) is 5.75 Å². The molecule has 0 aliphatic heterocycles. The molecule has 0 saturated heterocycles. The van der Waals surface area contributed by atoms with Crippen molar-refractivity contribution in [1.82, 2.24) is 0 Å². The largest absolute Gasteiger partial charge is 0.493 e. The van der Waals surface area contributed by atoms with Crippen molar-refractivity contribution in [2.75, 3.05) is 12.4 Å². The van der Waals surface area contributed by atoms with E-state index in [1.807, 2.05) is 0 Å². The maximum Gasteiger partial charge on any atom is 0.238 e. The average molecular weight is 321 g/mol. The van der Waals surface area contributed by atoms with Crippen LogP contribution in [0.2, 0.25) is 0 Å². The van der Waals surface area contributed by atoms with Gasteiger partial charge in [0.15, 0.2) is 9.84 Å². The summed E-state index contributed by atoms with van der Waals surface area (Å²) in [7, 11) is -6.91. The molecule has 0 aliphatic rings. The van der Waals surface area contributed by atoms with Crippen LogP contribution in [0.1, 0.15) is 19.4 Å². The summed E-state index contributed by atoms with van der Waals surface area (Å²) in [5.74, 6) is 0.328. The van der Waals surface area contributed by atoms with Crippen LogP contribution in [-0.2, 0) is 19.9 Å². The van der Waals surface area contributed by atoms with Crippen LogP contribution in [0.3, 0.4) is 0 Å². The summed E-state index contributed by atoms with van der Waals surface area (Å²) in [4.78, 5) is 0.0275. The van der Waals surface area contributed by atoms with E-state index in [1.54, 1.807) is 20.8 Å². The maximum atomic E-state index is 11.6. The fourth-order valence-corrected chi connectivity index (χ4v) is 3.09. The standard InChI is InChI=1S/C12H19NO5S2/c1-9(2)19(14,15)7-6-18-11-4-5-12(10(3)8-11)20(13,16)17/h4-5,8-9H,6-7H2,1-3H3,(H2,13,16,17). The van der Waals surface area contributed by atoms with Crippen LogP contribution in [0.4, 0.5) is 0 Å². The third kappa shape index (κ3) is 4.46. The summed E-state index contributed by atoms with van der Waals surface area (Å²) >= 11 is 0. The van der Waals surface area contributed by atoms with Crippen LogP contribution >= 0.6 is 0 Å². The minimum Gasteiger partial charge on any atom is -0.493 e. The molecule has 0 saturated carbocycles. The van der Waals surface area contributed by atoms with Crippen molar-refractivity contribution in [1.29, 1.82) is 0 Å². The summed E-state index contributed by atoms with van der Waals surface area (Å²) in [6, 6.07) is 4.31. The van der Waals surface area contributed by atoms with Gasteiger partial charge in [0.1, 0.15) is 12.4 Å². The zero-order chi connectivity index (χ0) is 15.6. The molecule has 8 heteroatoms. The summed E-state index contributed by atoms with van der Waals surface area (Å²) in [5, 5.41) is 4.60. The summed E-state index contributed by atoms with van der Waals surface area (Å²) in [5.41, 5.74) is 0.455. The lowest BCUT2D eigenvalue weighted by molar-refractivity contribution is 0.340. The molecule has 0 aliphatic carbocycles. The molecular weight excluding hydrogens is 302 g/mol. The minimum atomic E-state index is -3.76. The second-order valence-corrected chi connectivity index (χ2v) is 8.94. The number of benzene rings is 1. The second kappa shape index (κ2) is 6.11. The van der Waals surface area contributed by atoms with Crippen molar-refractivity contribution in [2.24, 2.45) is 5.14 Å². The highest BCUT2D eigenvalue weighted by Crippen LogP contribution is 2.20.